The molecular weight excluding hydrogens is 1120 g/mol. The summed E-state index contributed by atoms with van der Waals surface area (Å²) in [5, 5.41) is 47.4. The van der Waals surface area contributed by atoms with Crippen molar-refractivity contribution in [3.8, 4) is 0 Å². The summed E-state index contributed by atoms with van der Waals surface area (Å²) in [6.07, 6.45) is -8.18. The number of carboxylic acid groups (broad SMARTS) is 1. The Morgan fingerprint density at radius 2 is 1.55 bits per heavy atom. The van der Waals surface area contributed by atoms with Crippen LogP contribution in [0.5, 0.6) is 0 Å². The van der Waals surface area contributed by atoms with Crippen molar-refractivity contribution < 1.29 is 87.0 Å². The van der Waals surface area contributed by atoms with E-state index in [2.05, 4.69) is 5.32 Å². The number of fused-ring (bicyclic) bond motifs is 1. The number of nitrogens with zero attached hydrogens (tertiary/aromatic N) is 2. The molecule has 3 aliphatic rings. The number of hydrogen-bond donors (Lipinski definition) is 5. The minimum atomic E-state index is -2.06. The fraction of sp³-hybridized carbons (Fsp3) is 0.759. The van der Waals surface area contributed by atoms with E-state index in [4.69, 9.17) is 47.4 Å². The fourth-order valence-electron chi connectivity index (χ4n) is 10.9. The second kappa shape index (κ2) is 27.3. The number of alkyl carbamates (subject to hydrolysis) is 1. The summed E-state index contributed by atoms with van der Waals surface area (Å²) in [4.78, 5) is 68.2. The highest BCUT2D eigenvalue weighted by molar-refractivity contribution is 14.1. The zero-order chi connectivity index (χ0) is 57.5. The molecule has 1 aromatic carbocycles. The number of rotatable bonds is 18. The molecule has 18 atom stereocenters. The first-order valence-corrected chi connectivity index (χ1v) is 27.6. The molecule has 23 heteroatoms. The van der Waals surface area contributed by atoms with E-state index in [9.17, 15) is 44.4 Å². The first-order valence-electron chi connectivity index (χ1n) is 26.4. The number of Topliss-reactive ketones (excluding diaryl/α,β-unsaturated/α-hetero) is 1. The summed E-state index contributed by atoms with van der Waals surface area (Å²) >= 11 is 1.74. The molecule has 0 radical (unpaired) electrons. The maximum absolute atomic E-state index is 14.4. The number of aromatic carboxylic acids is 1. The van der Waals surface area contributed by atoms with Gasteiger partial charge in [-0.15, -0.1) is 0 Å². The van der Waals surface area contributed by atoms with Gasteiger partial charge in [-0.2, -0.15) is 0 Å². The molecule has 77 heavy (non-hydrogen) atoms. The van der Waals surface area contributed by atoms with Crippen molar-refractivity contribution in [2.24, 2.45) is 23.7 Å². The highest BCUT2D eigenvalue weighted by Crippen LogP contribution is 2.42. The number of hydrogen-bond acceptors (Lipinski definition) is 19. The Bertz CT molecular complexity index is 2390. The number of ketones is 1. The molecule has 2 unspecified atom stereocenters. The van der Waals surface area contributed by atoms with Crippen molar-refractivity contribution in [2.75, 3.05) is 54.7 Å². The van der Waals surface area contributed by atoms with Crippen LogP contribution in [0.3, 0.4) is 0 Å². The van der Waals surface area contributed by atoms with Gasteiger partial charge in [-0.05, 0) is 116 Å². The molecule has 1 aromatic heterocycles. The minimum absolute atomic E-state index is 0.00194. The molecule has 3 aliphatic heterocycles. The van der Waals surface area contributed by atoms with Gasteiger partial charge in [0, 0.05) is 69.1 Å². The van der Waals surface area contributed by atoms with Gasteiger partial charge >= 0.3 is 18.0 Å². The first kappa shape index (κ1) is 64.4. The van der Waals surface area contributed by atoms with Gasteiger partial charge in [-0.25, -0.2) is 9.59 Å². The van der Waals surface area contributed by atoms with E-state index in [1.807, 2.05) is 38.9 Å². The number of amides is 1. The number of methoxy groups -OCH3 is 2. The third-order valence-electron chi connectivity index (χ3n) is 15.7. The number of aromatic nitrogens is 1. The quantitative estimate of drug-likeness (QED) is 0.0598. The number of carbonyl (C=O) groups is 4. The van der Waals surface area contributed by atoms with Gasteiger partial charge in [0.15, 0.2) is 22.8 Å². The number of aliphatic hydroxyl groups is 3. The Kier molecular flexibility index (Phi) is 22.9. The van der Waals surface area contributed by atoms with Crippen LogP contribution in [0.25, 0.3) is 10.9 Å². The van der Waals surface area contributed by atoms with Crippen molar-refractivity contribution in [1.29, 1.82) is 0 Å². The molecule has 436 valence electrons. The van der Waals surface area contributed by atoms with Crippen LogP contribution >= 0.6 is 22.6 Å². The number of esters is 1. The summed E-state index contributed by atoms with van der Waals surface area (Å²) in [6, 6.07) is 4.86. The Hall–Kier alpha value is -3.44. The average Bonchev–Trinajstić information content (AvgIpc) is 3.38. The number of likely N-dealkylation sites (N-methyl/N-ethyl adjacent to an activating group) is 1. The molecule has 5 rings (SSSR count). The monoisotopic (exact) mass is 1210 g/mol. The number of pyridine rings is 1. The Morgan fingerprint density at radius 1 is 0.896 bits per heavy atom. The van der Waals surface area contributed by atoms with Crippen molar-refractivity contribution in [1.82, 2.24) is 14.8 Å². The smallest absolute Gasteiger partial charge is 0.407 e. The molecule has 3 saturated heterocycles. The standard InChI is InChI=1S/C54H84IN3O19/c1-15-58-26-36(47(63)64)41(60)35-23-34(16-17-37(35)58)27-71-21-20-70-19-18-56-51(66)76-46-33(7)73-39(25-53(46,9)69-14)74-43-31(5)45(75-49-42(61)38(57(11)12)22-29(3)72-49)52(8,68-13)24-28(2)40(59)30(4)44(62)54(10,67)50(55)77-48(65)32(43)6/h16-17,23,26,28-33,38-39,42-46,49-50,61-62,67H,15,18-22,24-25,27H2,1-14H3,(H,56,66)(H,63,64)/t28-,29-,30+,31+,32-,33+,38+,39?,42-,43+,44-,45-,46+,49?,50+,52-,53-,54+/m1/s1. The summed E-state index contributed by atoms with van der Waals surface area (Å²) in [5.74, 6) is -6.25. The zero-order valence-corrected chi connectivity index (χ0v) is 49.2. The van der Waals surface area contributed by atoms with Gasteiger partial charge in [-0.1, -0.05) is 26.8 Å². The molecule has 0 bridgehead atoms. The lowest BCUT2D eigenvalue weighted by Crippen LogP contribution is -2.61. The summed E-state index contributed by atoms with van der Waals surface area (Å²) in [5.41, 5.74) is -4.16. The highest BCUT2D eigenvalue weighted by Gasteiger charge is 2.55. The van der Waals surface area contributed by atoms with Gasteiger partial charge in [0.05, 0.1) is 74.0 Å². The Balaban J connectivity index is 1.29. The van der Waals surface area contributed by atoms with Crippen LogP contribution in [0.2, 0.25) is 0 Å². The van der Waals surface area contributed by atoms with Crippen molar-refractivity contribution in [3.05, 3.63) is 45.7 Å². The maximum Gasteiger partial charge on any atom is 0.407 e. The fourth-order valence-corrected chi connectivity index (χ4v) is 11.6. The van der Waals surface area contributed by atoms with E-state index in [1.165, 1.54) is 34.3 Å². The van der Waals surface area contributed by atoms with E-state index in [1.54, 1.807) is 80.8 Å². The van der Waals surface area contributed by atoms with Gasteiger partial charge in [0.1, 0.15) is 28.7 Å². The average molecular weight is 1210 g/mol. The molecular formula is C54H84IN3O19. The highest BCUT2D eigenvalue weighted by atomic mass is 127. The van der Waals surface area contributed by atoms with Gasteiger partial charge in [0.2, 0.25) is 5.43 Å². The summed E-state index contributed by atoms with van der Waals surface area (Å²) < 4.78 is 62.5. The van der Waals surface area contributed by atoms with E-state index < -0.39 is 117 Å². The number of nitrogens with one attached hydrogen (secondary N) is 1. The number of aryl methyl sites for hydroxylation is 1. The number of benzene rings is 1. The number of carbonyl (C=O) groups excluding carboxylic acids is 3. The summed E-state index contributed by atoms with van der Waals surface area (Å²) in [6.45, 7) is 18.1. The van der Waals surface area contributed by atoms with Gasteiger partial charge in [0.25, 0.3) is 0 Å². The molecule has 2 aromatic rings. The number of alkyl halides is 1. The molecule has 3 fully saturated rings. The van der Waals surface area contributed by atoms with Crippen molar-refractivity contribution in [3.63, 3.8) is 0 Å². The van der Waals surface area contributed by atoms with Crippen LogP contribution in [0, 0.1) is 23.7 Å². The molecule has 1 amide bonds. The van der Waals surface area contributed by atoms with Gasteiger partial charge in [-0.3, -0.25) is 14.4 Å². The molecule has 0 spiro atoms. The lowest BCUT2D eigenvalue weighted by atomic mass is 9.74. The van der Waals surface area contributed by atoms with Crippen molar-refractivity contribution >= 4 is 57.3 Å². The van der Waals surface area contributed by atoms with Crippen LogP contribution in [0.15, 0.2) is 29.2 Å². The Labute approximate surface area is 465 Å². The van der Waals surface area contributed by atoms with Crippen LogP contribution in [-0.2, 0) is 70.1 Å². The molecule has 5 N–H and O–H groups in total. The predicted octanol–water partition coefficient (Wildman–Crippen LogP) is 4.42. The molecule has 0 saturated carbocycles. The second-order valence-corrected chi connectivity index (χ2v) is 23.0. The Morgan fingerprint density at radius 3 is 2.17 bits per heavy atom. The number of halogens is 1. The minimum Gasteiger partial charge on any atom is -0.477 e. The number of ether oxygens (including phenoxy) is 10. The normalized spacial score (nSPS) is 36.8. The number of aliphatic hydroxyl groups excluding tert-OH is 2. The maximum atomic E-state index is 14.4. The van der Waals surface area contributed by atoms with E-state index in [0.29, 0.717) is 24.0 Å². The summed E-state index contributed by atoms with van der Waals surface area (Å²) in [7, 11) is 6.66. The third-order valence-corrected chi connectivity index (χ3v) is 17.2. The topological polar surface area (TPSA) is 279 Å². The van der Waals surface area contributed by atoms with Gasteiger partial charge < -0.3 is 82.6 Å². The molecule has 0 aliphatic carbocycles. The largest absolute Gasteiger partial charge is 0.477 e. The number of cyclic esters (lactones) is 1. The third kappa shape index (κ3) is 15.1. The predicted molar refractivity (Wildman–Crippen MR) is 288 cm³/mol. The van der Waals surface area contributed by atoms with E-state index >= 15 is 0 Å². The lowest BCUT2D eigenvalue weighted by molar-refractivity contribution is -0.318. The first-order chi connectivity index (χ1) is 36.0. The number of carboxylic acids is 1. The lowest BCUT2D eigenvalue weighted by Gasteiger charge is -2.50. The van der Waals surface area contributed by atoms with Crippen LogP contribution < -0.4 is 10.7 Å². The molecule has 4 heterocycles. The molecule has 22 nitrogen and oxygen atoms in total. The second-order valence-electron chi connectivity index (χ2n) is 21.8. The van der Waals surface area contributed by atoms with E-state index in [-0.39, 0.29) is 74.7 Å². The van der Waals surface area contributed by atoms with Crippen molar-refractivity contribution in [2.45, 2.75) is 184 Å². The SMILES string of the molecule is CCn1cc(C(=O)O)c(=O)c2cc(COCCOCCNC(=O)O[C@H]3[C@H](C)OC(O[C@H]4[C@H](C)[C@@H](OC5O[C@H](C)C[C@H](N(C)C)[C@H]5O)[C@](C)(OC)C[C@@H](C)C(=O)[C@H](C)[C@@H](O)[C@](C)(O)[C@@H](I)OC(=O)[C@@H]4C)C[C@@]3(C)OC)ccc21. The zero-order valence-electron chi connectivity index (χ0n) is 47.0. The van der Waals surface area contributed by atoms with Crippen LogP contribution in [0.1, 0.15) is 104 Å². The van der Waals surface area contributed by atoms with Crippen LogP contribution in [-0.4, -0.2) is 191 Å². The van der Waals surface area contributed by atoms with Crippen LogP contribution in [0.4, 0.5) is 4.79 Å². The van der Waals surface area contributed by atoms with E-state index in [0.717, 1.165) is 0 Å².